The smallest absolute Gasteiger partial charge is 0.319 e. The molecule has 1 fully saturated rings. The van der Waals surface area contributed by atoms with Gasteiger partial charge in [-0.05, 0) is 12.8 Å². The molecule has 0 saturated carbocycles. The molecule has 25 heavy (non-hydrogen) atoms. The zero-order chi connectivity index (χ0) is 18.2. The average molecular weight is 352 g/mol. The third kappa shape index (κ3) is 5.42. The number of aromatic nitrogens is 3. The van der Waals surface area contributed by atoms with Gasteiger partial charge < -0.3 is 24.4 Å². The fraction of sp³-hybridized carbons (Fsp3) is 0.750. The summed E-state index contributed by atoms with van der Waals surface area (Å²) in [5, 5.41) is 10.9. The minimum atomic E-state index is -0.149. The Balaban J connectivity index is 1.78. The van der Waals surface area contributed by atoms with E-state index in [1.54, 1.807) is 37.3 Å². The highest BCUT2D eigenvalue weighted by atomic mass is 16.5. The van der Waals surface area contributed by atoms with Gasteiger partial charge in [0.2, 0.25) is 5.91 Å². The van der Waals surface area contributed by atoms with Crippen LogP contribution in [0.2, 0.25) is 0 Å². The van der Waals surface area contributed by atoms with Gasteiger partial charge in [-0.2, -0.15) is 0 Å². The fourth-order valence-electron chi connectivity index (χ4n) is 2.94. The maximum atomic E-state index is 12.4. The van der Waals surface area contributed by atoms with Crippen molar-refractivity contribution in [3.8, 4) is 0 Å². The van der Waals surface area contributed by atoms with Crippen LogP contribution >= 0.6 is 0 Å². The Hall–Kier alpha value is -2.16. The third-order valence-electron chi connectivity index (χ3n) is 4.33. The molecular weight excluding hydrogens is 324 g/mol. The van der Waals surface area contributed by atoms with Crippen molar-refractivity contribution in [2.45, 2.75) is 25.8 Å². The van der Waals surface area contributed by atoms with Gasteiger partial charge in [-0.1, -0.05) is 0 Å². The molecule has 2 heterocycles. The highest BCUT2D eigenvalue weighted by Gasteiger charge is 2.28. The van der Waals surface area contributed by atoms with Crippen LogP contribution in [0.25, 0.3) is 0 Å². The highest BCUT2D eigenvalue weighted by molar-refractivity contribution is 5.80. The van der Waals surface area contributed by atoms with Crippen LogP contribution in [0.15, 0.2) is 6.33 Å². The maximum Gasteiger partial charge on any atom is 0.319 e. The van der Waals surface area contributed by atoms with Gasteiger partial charge in [0.25, 0.3) is 0 Å². The Morgan fingerprint density at radius 1 is 1.44 bits per heavy atom. The molecule has 1 aromatic rings. The predicted molar refractivity (Wildman–Crippen MR) is 92.0 cm³/mol. The van der Waals surface area contributed by atoms with Crippen molar-refractivity contribution in [1.82, 2.24) is 29.9 Å². The number of rotatable bonds is 7. The van der Waals surface area contributed by atoms with Gasteiger partial charge in [0.15, 0.2) is 0 Å². The molecule has 2 rings (SSSR count). The van der Waals surface area contributed by atoms with E-state index in [0.717, 1.165) is 18.7 Å². The Morgan fingerprint density at radius 3 is 2.96 bits per heavy atom. The molecule has 1 N–H and O–H groups in total. The lowest BCUT2D eigenvalue weighted by molar-refractivity contribution is -0.126. The normalized spacial score (nSPS) is 17.4. The van der Waals surface area contributed by atoms with Crippen molar-refractivity contribution < 1.29 is 14.3 Å². The predicted octanol–water partition coefficient (Wildman–Crippen LogP) is -0.0232. The lowest BCUT2D eigenvalue weighted by atomic mass is 9.97. The summed E-state index contributed by atoms with van der Waals surface area (Å²) in [6.07, 6.45) is 3.95. The third-order valence-corrected chi connectivity index (χ3v) is 4.33. The Bertz CT molecular complexity index is 574. The van der Waals surface area contributed by atoms with Gasteiger partial charge in [-0.15, -0.1) is 10.2 Å². The second-order valence-electron chi connectivity index (χ2n) is 6.44. The molecule has 1 atom stereocenters. The first-order valence-electron chi connectivity index (χ1n) is 8.62. The van der Waals surface area contributed by atoms with Gasteiger partial charge in [-0.3, -0.25) is 4.79 Å². The van der Waals surface area contributed by atoms with Crippen LogP contribution in [0.1, 0.15) is 18.7 Å². The molecule has 1 aliphatic heterocycles. The topological polar surface area (TPSA) is 92.6 Å². The van der Waals surface area contributed by atoms with Crippen molar-refractivity contribution in [2.24, 2.45) is 5.92 Å². The van der Waals surface area contributed by atoms with Gasteiger partial charge >= 0.3 is 6.03 Å². The van der Waals surface area contributed by atoms with Crippen molar-refractivity contribution >= 4 is 11.9 Å². The number of amides is 3. The molecule has 0 aliphatic carbocycles. The first kappa shape index (κ1) is 19.2. The van der Waals surface area contributed by atoms with Gasteiger partial charge in [0, 0.05) is 53.8 Å². The summed E-state index contributed by atoms with van der Waals surface area (Å²) in [4.78, 5) is 27.7. The summed E-state index contributed by atoms with van der Waals surface area (Å²) >= 11 is 0. The first-order chi connectivity index (χ1) is 12.0. The molecule has 9 nitrogen and oxygen atoms in total. The molecule has 1 aliphatic rings. The average Bonchev–Trinajstić information content (AvgIpc) is 3.06. The second-order valence-corrected chi connectivity index (χ2v) is 6.44. The van der Waals surface area contributed by atoms with E-state index in [1.807, 2.05) is 4.57 Å². The van der Waals surface area contributed by atoms with Crippen molar-refractivity contribution in [3.63, 3.8) is 0 Å². The molecular formula is C16H28N6O3. The van der Waals surface area contributed by atoms with Gasteiger partial charge in [0.05, 0.1) is 12.5 Å². The molecule has 0 aromatic carbocycles. The van der Waals surface area contributed by atoms with Crippen LogP contribution in [0, 0.1) is 5.92 Å². The van der Waals surface area contributed by atoms with Crippen LogP contribution in [0.3, 0.4) is 0 Å². The molecule has 0 bridgehead atoms. The summed E-state index contributed by atoms with van der Waals surface area (Å²) < 4.78 is 6.98. The van der Waals surface area contributed by atoms with Crippen LogP contribution in [0.4, 0.5) is 4.79 Å². The van der Waals surface area contributed by atoms with Crippen molar-refractivity contribution in [2.75, 3.05) is 47.4 Å². The Kier molecular flexibility index (Phi) is 7.17. The van der Waals surface area contributed by atoms with E-state index in [0.29, 0.717) is 39.2 Å². The van der Waals surface area contributed by atoms with E-state index in [9.17, 15) is 9.59 Å². The summed E-state index contributed by atoms with van der Waals surface area (Å²) in [7, 11) is 5.11. The first-order valence-corrected chi connectivity index (χ1v) is 8.62. The van der Waals surface area contributed by atoms with Crippen LogP contribution < -0.4 is 5.32 Å². The fourth-order valence-corrected chi connectivity index (χ4v) is 2.94. The Labute approximate surface area is 148 Å². The lowest BCUT2D eigenvalue weighted by Crippen LogP contribution is -2.48. The Morgan fingerprint density at radius 2 is 2.24 bits per heavy atom. The molecule has 0 spiro atoms. The molecule has 9 heteroatoms. The number of piperidine rings is 1. The van der Waals surface area contributed by atoms with Crippen molar-refractivity contribution in [3.05, 3.63) is 12.2 Å². The zero-order valence-electron chi connectivity index (χ0n) is 15.3. The highest BCUT2D eigenvalue weighted by Crippen LogP contribution is 2.17. The molecule has 3 amide bonds. The second kappa shape index (κ2) is 9.36. The maximum absolute atomic E-state index is 12.4. The summed E-state index contributed by atoms with van der Waals surface area (Å²) in [6, 6.07) is -0.0382. The number of urea groups is 1. The van der Waals surface area contributed by atoms with Crippen LogP contribution in [-0.2, 0) is 22.5 Å². The SMILES string of the molecule is COCCn1cnnc1CCNC(=O)[C@H]1CCCN(C(=O)N(C)C)C1. The van der Waals surface area contributed by atoms with Gasteiger partial charge in [0.1, 0.15) is 12.2 Å². The van der Waals surface area contributed by atoms with E-state index in [4.69, 9.17) is 4.74 Å². The van der Waals surface area contributed by atoms with Crippen LogP contribution in [0.5, 0.6) is 0 Å². The standard InChI is InChI=1S/C16H28N6O3/c1-20(2)16(24)21-8-4-5-13(11-21)15(23)17-7-6-14-19-18-12-22(14)9-10-25-3/h12-13H,4-11H2,1-3H3,(H,17,23)/t13-/m0/s1. The molecule has 140 valence electrons. The number of likely N-dealkylation sites (tertiary alicyclic amines) is 1. The number of hydrogen-bond acceptors (Lipinski definition) is 5. The lowest BCUT2D eigenvalue weighted by Gasteiger charge is -2.33. The number of ether oxygens (including phenoxy) is 1. The van der Waals surface area contributed by atoms with E-state index >= 15 is 0 Å². The number of carbonyl (C=O) groups is 2. The zero-order valence-corrected chi connectivity index (χ0v) is 15.3. The molecule has 0 radical (unpaired) electrons. The minimum Gasteiger partial charge on any atom is -0.383 e. The van der Waals surface area contributed by atoms with E-state index in [1.165, 1.54) is 0 Å². The van der Waals surface area contributed by atoms with E-state index in [2.05, 4.69) is 15.5 Å². The summed E-state index contributed by atoms with van der Waals surface area (Å²) in [6.45, 7) is 2.98. The van der Waals surface area contributed by atoms with Crippen LogP contribution in [-0.4, -0.2) is 83.9 Å². The van der Waals surface area contributed by atoms with Gasteiger partial charge in [-0.25, -0.2) is 4.79 Å². The number of nitrogens with zero attached hydrogens (tertiary/aromatic N) is 5. The number of nitrogens with one attached hydrogen (secondary N) is 1. The molecule has 1 saturated heterocycles. The van der Waals surface area contributed by atoms with Crippen molar-refractivity contribution in [1.29, 1.82) is 0 Å². The largest absolute Gasteiger partial charge is 0.383 e. The molecule has 0 unspecified atom stereocenters. The quantitative estimate of drug-likeness (QED) is 0.744. The van der Waals surface area contributed by atoms with E-state index in [-0.39, 0.29) is 17.9 Å². The summed E-state index contributed by atoms with van der Waals surface area (Å²) in [5.41, 5.74) is 0. The number of carbonyl (C=O) groups excluding carboxylic acids is 2. The molecule has 1 aromatic heterocycles. The number of methoxy groups -OCH3 is 1. The van der Waals surface area contributed by atoms with E-state index < -0.39 is 0 Å². The minimum absolute atomic E-state index is 0.000729. The monoisotopic (exact) mass is 352 g/mol. The number of hydrogen-bond donors (Lipinski definition) is 1. The summed E-state index contributed by atoms with van der Waals surface area (Å²) in [5.74, 6) is 0.675.